The Bertz CT molecular complexity index is 157. The van der Waals surface area contributed by atoms with E-state index in [1.54, 1.807) is 21.3 Å². The lowest BCUT2D eigenvalue weighted by molar-refractivity contribution is 0.111. The van der Waals surface area contributed by atoms with Gasteiger partial charge in [-0.25, -0.2) is 0 Å². The van der Waals surface area contributed by atoms with Crippen molar-refractivity contribution in [1.29, 1.82) is 0 Å². The van der Waals surface area contributed by atoms with Crippen molar-refractivity contribution in [3.8, 4) is 0 Å². The zero-order chi connectivity index (χ0) is 11.9. The monoisotopic (exact) mass is 236 g/mol. The predicted molar refractivity (Wildman–Crippen MR) is 62.3 cm³/mol. The van der Waals surface area contributed by atoms with Gasteiger partial charge in [-0.15, -0.1) is 0 Å². The lowest BCUT2D eigenvalue weighted by Crippen LogP contribution is -2.58. The van der Waals surface area contributed by atoms with Crippen LogP contribution in [0.2, 0.25) is 0 Å². The van der Waals surface area contributed by atoms with Crippen molar-refractivity contribution in [3.05, 3.63) is 0 Å². The SMILES string of the molecule is CO[Si](OC)(OC)C(N)CCCC(C)N. The van der Waals surface area contributed by atoms with Crippen molar-refractivity contribution in [2.45, 2.75) is 37.9 Å². The van der Waals surface area contributed by atoms with Crippen molar-refractivity contribution < 1.29 is 13.3 Å². The molecule has 2 atom stereocenters. The number of rotatable bonds is 8. The molecule has 6 heteroatoms. The van der Waals surface area contributed by atoms with Gasteiger partial charge in [-0.3, -0.25) is 0 Å². The fraction of sp³-hybridized carbons (Fsp3) is 1.00. The van der Waals surface area contributed by atoms with E-state index >= 15 is 0 Å². The van der Waals surface area contributed by atoms with Gasteiger partial charge in [-0.2, -0.15) is 0 Å². The Labute approximate surface area is 93.4 Å². The van der Waals surface area contributed by atoms with E-state index in [-0.39, 0.29) is 11.7 Å². The van der Waals surface area contributed by atoms with Crippen LogP contribution in [-0.2, 0) is 13.3 Å². The van der Waals surface area contributed by atoms with Gasteiger partial charge in [-0.05, 0) is 19.8 Å². The zero-order valence-electron chi connectivity index (χ0n) is 10.2. The molecule has 0 aliphatic carbocycles. The Balaban J connectivity index is 4.08. The third kappa shape index (κ3) is 4.58. The third-order valence-electron chi connectivity index (χ3n) is 2.48. The van der Waals surface area contributed by atoms with Crippen molar-refractivity contribution in [3.63, 3.8) is 0 Å². The topological polar surface area (TPSA) is 79.7 Å². The summed E-state index contributed by atoms with van der Waals surface area (Å²) in [5.74, 6) is 0. The van der Waals surface area contributed by atoms with Gasteiger partial charge in [0.1, 0.15) is 0 Å². The Kier molecular flexibility index (Phi) is 7.32. The van der Waals surface area contributed by atoms with E-state index in [1.807, 2.05) is 6.92 Å². The molecule has 0 rings (SSSR count). The quantitative estimate of drug-likeness (QED) is 0.591. The molecule has 0 aliphatic heterocycles. The van der Waals surface area contributed by atoms with Gasteiger partial charge in [0.25, 0.3) is 0 Å². The molecular formula is C9H24N2O3Si. The average Bonchev–Trinajstić information content (AvgIpc) is 2.21. The van der Waals surface area contributed by atoms with Crippen LogP contribution < -0.4 is 11.5 Å². The molecule has 0 saturated heterocycles. The molecule has 0 spiro atoms. The minimum Gasteiger partial charge on any atom is -0.376 e. The summed E-state index contributed by atoms with van der Waals surface area (Å²) in [4.78, 5) is 0. The van der Waals surface area contributed by atoms with E-state index < -0.39 is 8.80 Å². The van der Waals surface area contributed by atoms with E-state index in [2.05, 4.69) is 0 Å². The molecule has 4 N–H and O–H groups in total. The van der Waals surface area contributed by atoms with Crippen LogP contribution in [0, 0.1) is 0 Å². The molecule has 15 heavy (non-hydrogen) atoms. The maximum absolute atomic E-state index is 6.02. The van der Waals surface area contributed by atoms with Crippen LogP contribution in [0.3, 0.4) is 0 Å². The molecular weight excluding hydrogens is 212 g/mol. The largest absolute Gasteiger partial charge is 0.517 e. The normalized spacial score (nSPS) is 16.4. The summed E-state index contributed by atoms with van der Waals surface area (Å²) in [5.41, 5.74) is 11.5. The highest BCUT2D eigenvalue weighted by Crippen LogP contribution is 2.15. The van der Waals surface area contributed by atoms with Gasteiger partial charge in [-0.1, -0.05) is 6.42 Å². The first-order valence-electron chi connectivity index (χ1n) is 5.19. The maximum Gasteiger partial charge on any atom is 0.517 e. The molecule has 0 fully saturated rings. The highest BCUT2D eigenvalue weighted by atomic mass is 28.4. The van der Waals surface area contributed by atoms with E-state index in [4.69, 9.17) is 24.7 Å². The molecule has 0 aliphatic rings. The van der Waals surface area contributed by atoms with Crippen molar-refractivity contribution in [2.75, 3.05) is 21.3 Å². The van der Waals surface area contributed by atoms with Gasteiger partial charge in [0.15, 0.2) is 0 Å². The Morgan fingerprint density at radius 1 is 1.00 bits per heavy atom. The molecule has 0 radical (unpaired) electrons. The zero-order valence-corrected chi connectivity index (χ0v) is 11.2. The van der Waals surface area contributed by atoms with Crippen molar-refractivity contribution in [1.82, 2.24) is 0 Å². The summed E-state index contributed by atoms with van der Waals surface area (Å²) in [7, 11) is 2.07. The van der Waals surface area contributed by atoms with Crippen molar-refractivity contribution >= 4 is 8.80 Å². The van der Waals surface area contributed by atoms with E-state index in [0.717, 1.165) is 19.3 Å². The summed E-state index contributed by atoms with van der Waals surface area (Å²) in [6.07, 6.45) is 2.72. The van der Waals surface area contributed by atoms with Gasteiger partial charge < -0.3 is 24.7 Å². The van der Waals surface area contributed by atoms with Crippen molar-refractivity contribution in [2.24, 2.45) is 11.5 Å². The summed E-state index contributed by atoms with van der Waals surface area (Å²) >= 11 is 0. The summed E-state index contributed by atoms with van der Waals surface area (Å²) in [5, 5.41) is 0. The van der Waals surface area contributed by atoms with E-state index in [9.17, 15) is 0 Å². The van der Waals surface area contributed by atoms with Crippen LogP contribution in [0.25, 0.3) is 0 Å². The Morgan fingerprint density at radius 3 is 1.80 bits per heavy atom. The number of hydrogen-bond donors (Lipinski definition) is 2. The molecule has 0 amide bonds. The number of hydrogen-bond acceptors (Lipinski definition) is 5. The summed E-state index contributed by atoms with van der Waals surface area (Å²) in [6.45, 7) is 1.99. The van der Waals surface area contributed by atoms with Gasteiger partial charge >= 0.3 is 8.80 Å². The van der Waals surface area contributed by atoms with Crippen LogP contribution in [0.5, 0.6) is 0 Å². The molecule has 0 aromatic rings. The van der Waals surface area contributed by atoms with Gasteiger partial charge in [0.05, 0.1) is 5.67 Å². The first-order chi connectivity index (χ1) is 7.02. The van der Waals surface area contributed by atoms with Gasteiger partial charge in [0.2, 0.25) is 0 Å². The second-order valence-corrected chi connectivity index (χ2v) is 6.90. The standard InChI is InChI=1S/C9H24N2O3Si/c1-8(10)6-5-7-9(11)15(12-2,13-3)14-4/h8-9H,5-7,10-11H2,1-4H3. The molecule has 5 nitrogen and oxygen atoms in total. The second-order valence-electron chi connectivity index (χ2n) is 3.73. The lowest BCUT2D eigenvalue weighted by atomic mass is 10.1. The molecule has 92 valence electrons. The van der Waals surface area contributed by atoms with Crippen LogP contribution in [0.15, 0.2) is 0 Å². The summed E-state index contributed by atoms with van der Waals surface area (Å²) in [6, 6.07) is 0.209. The predicted octanol–water partition coefficient (Wildman–Crippen LogP) is 0.249. The lowest BCUT2D eigenvalue weighted by Gasteiger charge is -2.29. The molecule has 2 unspecified atom stereocenters. The third-order valence-corrected chi connectivity index (χ3v) is 5.39. The maximum atomic E-state index is 6.02. The average molecular weight is 236 g/mol. The van der Waals surface area contributed by atoms with Crippen LogP contribution in [0.4, 0.5) is 0 Å². The van der Waals surface area contributed by atoms with E-state index in [1.165, 1.54) is 0 Å². The highest BCUT2D eigenvalue weighted by Gasteiger charge is 2.44. The second kappa shape index (κ2) is 7.32. The van der Waals surface area contributed by atoms with Gasteiger partial charge in [0, 0.05) is 27.4 Å². The molecule has 0 bridgehead atoms. The van der Waals surface area contributed by atoms with Crippen LogP contribution >= 0.6 is 0 Å². The molecule has 0 aromatic carbocycles. The molecule has 0 aromatic heterocycles. The molecule has 0 saturated carbocycles. The van der Waals surface area contributed by atoms with Crippen LogP contribution in [-0.4, -0.2) is 41.8 Å². The highest BCUT2D eigenvalue weighted by molar-refractivity contribution is 6.62. The first-order valence-corrected chi connectivity index (χ1v) is 6.99. The smallest absolute Gasteiger partial charge is 0.376 e. The minimum atomic E-state index is -2.66. The first kappa shape index (κ1) is 15.0. The fourth-order valence-corrected chi connectivity index (χ4v) is 3.51. The minimum absolute atomic E-state index is 0.184. The van der Waals surface area contributed by atoms with Crippen LogP contribution in [0.1, 0.15) is 26.2 Å². The summed E-state index contributed by atoms with van der Waals surface area (Å²) < 4.78 is 15.9. The molecule has 0 heterocycles. The number of nitrogens with two attached hydrogens (primary N) is 2. The fourth-order valence-electron chi connectivity index (χ4n) is 1.54. The van der Waals surface area contributed by atoms with E-state index in [0.29, 0.717) is 0 Å². The Morgan fingerprint density at radius 2 is 1.47 bits per heavy atom. The Hall–Kier alpha value is 0.0169.